The first-order chi connectivity index (χ1) is 7.63. The highest BCUT2D eigenvalue weighted by Gasteiger charge is 2.13. The highest BCUT2D eigenvalue weighted by molar-refractivity contribution is 5.94. The van der Waals surface area contributed by atoms with Crippen LogP contribution < -0.4 is 5.32 Å². The number of ether oxygens (including phenoxy) is 1. The number of methoxy groups -OCH3 is 1. The highest BCUT2D eigenvalue weighted by atomic mass is 16.5. The molecule has 0 radical (unpaired) electrons. The quantitative estimate of drug-likeness (QED) is 0.764. The molecule has 0 aliphatic carbocycles. The lowest BCUT2D eigenvalue weighted by atomic mass is 10.2. The lowest BCUT2D eigenvalue weighted by Crippen LogP contribution is -2.34. The van der Waals surface area contributed by atoms with Crippen LogP contribution in [0.5, 0.6) is 0 Å². The number of nitrogens with one attached hydrogen (secondary N) is 1. The molecule has 1 atom stereocenters. The largest absolute Gasteiger partial charge is 0.469 e. The second-order valence-electron chi connectivity index (χ2n) is 3.40. The molecule has 1 N–H and O–H groups in total. The number of esters is 1. The van der Waals surface area contributed by atoms with Gasteiger partial charge in [0, 0.05) is 18.4 Å². The first-order valence-electron chi connectivity index (χ1n) is 4.91. The maximum absolute atomic E-state index is 11.6. The molecule has 0 aliphatic rings. The summed E-state index contributed by atoms with van der Waals surface area (Å²) in [6, 6.07) is 3.08. The SMILES string of the molecule is COC(=O)C[C@H](C)NC(=O)c1cccnc1. The van der Waals surface area contributed by atoms with E-state index in [1.54, 1.807) is 25.3 Å². The molecule has 0 saturated heterocycles. The minimum atomic E-state index is -0.348. The number of carbonyl (C=O) groups excluding carboxylic acids is 2. The molecule has 0 bridgehead atoms. The average Bonchev–Trinajstić information content (AvgIpc) is 2.29. The second kappa shape index (κ2) is 5.85. The summed E-state index contributed by atoms with van der Waals surface area (Å²) in [4.78, 5) is 26.4. The maximum atomic E-state index is 11.6. The molecule has 0 aromatic carbocycles. The summed E-state index contributed by atoms with van der Waals surface area (Å²) < 4.78 is 4.51. The number of rotatable bonds is 4. The standard InChI is InChI=1S/C11H14N2O3/c1-8(6-10(14)16-2)13-11(15)9-4-3-5-12-7-9/h3-5,7-8H,6H2,1-2H3,(H,13,15)/t8-/m0/s1. The van der Waals surface area contributed by atoms with Crippen LogP contribution in [0.15, 0.2) is 24.5 Å². The predicted molar refractivity (Wildman–Crippen MR) is 57.8 cm³/mol. The number of carbonyl (C=O) groups is 2. The van der Waals surface area contributed by atoms with Crippen LogP contribution in [0.2, 0.25) is 0 Å². The Morgan fingerprint density at radius 3 is 2.88 bits per heavy atom. The molecule has 1 heterocycles. The minimum Gasteiger partial charge on any atom is -0.469 e. The zero-order valence-electron chi connectivity index (χ0n) is 9.27. The molecule has 0 fully saturated rings. The summed E-state index contributed by atoms with van der Waals surface area (Å²) >= 11 is 0. The molecule has 16 heavy (non-hydrogen) atoms. The van der Waals surface area contributed by atoms with Crippen molar-refractivity contribution in [1.29, 1.82) is 0 Å². The summed E-state index contributed by atoms with van der Waals surface area (Å²) in [6.45, 7) is 1.74. The third-order valence-electron chi connectivity index (χ3n) is 2.00. The van der Waals surface area contributed by atoms with Gasteiger partial charge in [-0.15, -0.1) is 0 Å². The summed E-state index contributed by atoms with van der Waals surface area (Å²) in [5, 5.41) is 2.68. The first kappa shape index (κ1) is 12.2. The van der Waals surface area contributed by atoms with E-state index in [4.69, 9.17) is 0 Å². The van der Waals surface area contributed by atoms with E-state index in [0.29, 0.717) is 5.56 Å². The summed E-state index contributed by atoms with van der Waals surface area (Å²) in [5.74, 6) is -0.594. The van der Waals surface area contributed by atoms with Crippen molar-refractivity contribution in [1.82, 2.24) is 10.3 Å². The van der Waals surface area contributed by atoms with Crippen molar-refractivity contribution in [2.24, 2.45) is 0 Å². The van der Waals surface area contributed by atoms with Crippen molar-refractivity contribution in [2.45, 2.75) is 19.4 Å². The van der Waals surface area contributed by atoms with Gasteiger partial charge in [-0.05, 0) is 19.1 Å². The van der Waals surface area contributed by atoms with Crippen molar-refractivity contribution < 1.29 is 14.3 Å². The molecule has 1 aromatic heterocycles. The van der Waals surface area contributed by atoms with E-state index in [9.17, 15) is 9.59 Å². The lowest BCUT2D eigenvalue weighted by Gasteiger charge is -2.12. The Hall–Kier alpha value is -1.91. The number of hydrogen-bond donors (Lipinski definition) is 1. The Bertz CT molecular complexity index is 365. The molecule has 0 saturated carbocycles. The lowest BCUT2D eigenvalue weighted by molar-refractivity contribution is -0.141. The Balaban J connectivity index is 2.49. The Morgan fingerprint density at radius 2 is 2.31 bits per heavy atom. The van der Waals surface area contributed by atoms with Gasteiger partial charge in [-0.1, -0.05) is 0 Å². The number of nitrogens with zero attached hydrogens (tertiary/aromatic N) is 1. The fourth-order valence-corrected chi connectivity index (χ4v) is 1.19. The summed E-state index contributed by atoms with van der Waals surface area (Å²) in [6.07, 6.45) is 3.22. The van der Waals surface area contributed by atoms with E-state index >= 15 is 0 Å². The third-order valence-corrected chi connectivity index (χ3v) is 2.00. The molecule has 5 heteroatoms. The van der Waals surface area contributed by atoms with E-state index in [1.165, 1.54) is 13.3 Å². The fourth-order valence-electron chi connectivity index (χ4n) is 1.19. The second-order valence-corrected chi connectivity index (χ2v) is 3.40. The Morgan fingerprint density at radius 1 is 1.56 bits per heavy atom. The highest BCUT2D eigenvalue weighted by Crippen LogP contribution is 1.99. The maximum Gasteiger partial charge on any atom is 0.307 e. The van der Waals surface area contributed by atoms with Crippen molar-refractivity contribution >= 4 is 11.9 Å². The van der Waals surface area contributed by atoms with Crippen LogP contribution in [0, 0.1) is 0 Å². The predicted octanol–water partition coefficient (Wildman–Crippen LogP) is 0.763. The van der Waals surface area contributed by atoms with Gasteiger partial charge in [0.15, 0.2) is 0 Å². The van der Waals surface area contributed by atoms with E-state index in [2.05, 4.69) is 15.0 Å². The van der Waals surface area contributed by atoms with Crippen LogP contribution >= 0.6 is 0 Å². The molecule has 5 nitrogen and oxygen atoms in total. The smallest absolute Gasteiger partial charge is 0.307 e. The van der Waals surface area contributed by atoms with Crippen molar-refractivity contribution in [3.63, 3.8) is 0 Å². The molecular weight excluding hydrogens is 208 g/mol. The van der Waals surface area contributed by atoms with Crippen molar-refractivity contribution in [3.05, 3.63) is 30.1 Å². The van der Waals surface area contributed by atoms with E-state index in [-0.39, 0.29) is 24.3 Å². The topological polar surface area (TPSA) is 68.3 Å². The van der Waals surface area contributed by atoms with Crippen molar-refractivity contribution in [2.75, 3.05) is 7.11 Å². The van der Waals surface area contributed by atoms with Gasteiger partial charge in [0.2, 0.25) is 0 Å². The monoisotopic (exact) mass is 222 g/mol. The zero-order valence-corrected chi connectivity index (χ0v) is 9.27. The van der Waals surface area contributed by atoms with Crippen LogP contribution in [0.4, 0.5) is 0 Å². The molecule has 86 valence electrons. The molecule has 1 rings (SSSR count). The summed E-state index contributed by atoms with van der Waals surface area (Å²) in [5.41, 5.74) is 0.471. The van der Waals surface area contributed by atoms with Crippen molar-refractivity contribution in [3.8, 4) is 0 Å². The molecular formula is C11H14N2O3. The number of hydrogen-bond acceptors (Lipinski definition) is 4. The van der Waals surface area contributed by atoms with Crippen LogP contribution in [0.3, 0.4) is 0 Å². The van der Waals surface area contributed by atoms with Crippen LogP contribution in [-0.2, 0) is 9.53 Å². The van der Waals surface area contributed by atoms with E-state index < -0.39 is 0 Å². The number of aromatic nitrogens is 1. The average molecular weight is 222 g/mol. The molecule has 0 spiro atoms. The van der Waals surface area contributed by atoms with E-state index in [1.807, 2.05) is 0 Å². The normalized spacial score (nSPS) is 11.6. The van der Waals surface area contributed by atoms with Crippen LogP contribution in [0.25, 0.3) is 0 Å². The zero-order chi connectivity index (χ0) is 12.0. The number of pyridine rings is 1. The van der Waals surface area contributed by atoms with Gasteiger partial charge < -0.3 is 10.1 Å². The Kier molecular flexibility index (Phi) is 4.44. The van der Waals surface area contributed by atoms with Gasteiger partial charge in [-0.2, -0.15) is 0 Å². The Labute approximate surface area is 93.8 Å². The molecule has 1 aromatic rings. The van der Waals surface area contributed by atoms with Gasteiger partial charge in [-0.3, -0.25) is 14.6 Å². The van der Waals surface area contributed by atoms with Gasteiger partial charge in [0.25, 0.3) is 5.91 Å². The fraction of sp³-hybridized carbons (Fsp3) is 0.364. The van der Waals surface area contributed by atoms with Gasteiger partial charge >= 0.3 is 5.97 Å². The van der Waals surface area contributed by atoms with Gasteiger partial charge in [0.05, 0.1) is 19.1 Å². The molecule has 1 amide bonds. The molecule has 0 aliphatic heterocycles. The third kappa shape index (κ3) is 3.68. The number of amides is 1. The summed E-state index contributed by atoms with van der Waals surface area (Å²) in [7, 11) is 1.32. The van der Waals surface area contributed by atoms with Crippen LogP contribution in [-0.4, -0.2) is 30.0 Å². The van der Waals surface area contributed by atoms with E-state index in [0.717, 1.165) is 0 Å². The van der Waals surface area contributed by atoms with Crippen LogP contribution in [0.1, 0.15) is 23.7 Å². The van der Waals surface area contributed by atoms with Gasteiger partial charge in [-0.25, -0.2) is 0 Å². The minimum absolute atomic E-state index is 0.155. The molecule has 0 unspecified atom stereocenters. The van der Waals surface area contributed by atoms with Gasteiger partial charge in [0.1, 0.15) is 0 Å². The first-order valence-corrected chi connectivity index (χ1v) is 4.91.